The molecule has 22 heavy (non-hydrogen) atoms. The minimum Gasteiger partial charge on any atom is -0.373 e. The van der Waals surface area contributed by atoms with Gasteiger partial charge in [0.1, 0.15) is 18.1 Å². The van der Waals surface area contributed by atoms with Crippen LogP contribution in [0, 0.1) is 0 Å². The van der Waals surface area contributed by atoms with Gasteiger partial charge in [-0.1, -0.05) is 0 Å². The number of hydrogen-bond acceptors (Lipinski definition) is 3. The number of hydrogen-bond donors (Lipinski definition) is 1. The third kappa shape index (κ3) is 3.32. The Kier molecular flexibility index (Phi) is 3.67. The van der Waals surface area contributed by atoms with Crippen molar-refractivity contribution in [1.82, 2.24) is 14.1 Å². The van der Waals surface area contributed by atoms with Crippen molar-refractivity contribution in [3.8, 4) is 0 Å². The first kappa shape index (κ1) is 14.7. The molecule has 0 aromatic carbocycles. The summed E-state index contributed by atoms with van der Waals surface area (Å²) in [6.07, 6.45) is 2.47. The average Bonchev–Trinajstić information content (AvgIpc) is 3.17. The van der Waals surface area contributed by atoms with Crippen molar-refractivity contribution >= 4 is 5.69 Å². The summed E-state index contributed by atoms with van der Waals surface area (Å²) in [5.74, 6) is 0.771. The predicted octanol–water partition coefficient (Wildman–Crippen LogP) is 2.55. The molecule has 0 amide bonds. The minimum absolute atomic E-state index is 0.136. The molecule has 2 aromatic rings. The van der Waals surface area contributed by atoms with E-state index in [4.69, 9.17) is 0 Å². The summed E-state index contributed by atoms with van der Waals surface area (Å²) in [6, 6.07) is 3.35. The summed E-state index contributed by atoms with van der Waals surface area (Å²) < 4.78 is 39.9. The predicted molar refractivity (Wildman–Crippen MR) is 74.6 cm³/mol. The number of alkyl halides is 3. The van der Waals surface area contributed by atoms with Gasteiger partial charge in [0.25, 0.3) is 5.56 Å². The van der Waals surface area contributed by atoms with Crippen molar-refractivity contribution in [2.75, 3.05) is 5.32 Å². The summed E-state index contributed by atoms with van der Waals surface area (Å²) in [4.78, 5) is 16.2. The number of aromatic nitrogens is 3. The van der Waals surface area contributed by atoms with Gasteiger partial charge < -0.3 is 14.5 Å². The van der Waals surface area contributed by atoms with Crippen molar-refractivity contribution in [2.24, 2.45) is 0 Å². The lowest BCUT2D eigenvalue weighted by atomic mass is 10.3. The summed E-state index contributed by atoms with van der Waals surface area (Å²) >= 11 is 0. The van der Waals surface area contributed by atoms with Crippen molar-refractivity contribution in [1.29, 1.82) is 0 Å². The zero-order valence-electron chi connectivity index (χ0n) is 11.7. The zero-order chi connectivity index (χ0) is 15.7. The highest BCUT2D eigenvalue weighted by Crippen LogP contribution is 2.35. The highest BCUT2D eigenvalue weighted by molar-refractivity contribution is 5.40. The van der Waals surface area contributed by atoms with Crippen molar-refractivity contribution < 1.29 is 13.2 Å². The summed E-state index contributed by atoms with van der Waals surface area (Å²) in [6.45, 7) is -0.993. The number of rotatable bonds is 5. The Morgan fingerprint density at radius 2 is 2.09 bits per heavy atom. The lowest BCUT2D eigenvalue weighted by Gasteiger charge is -2.12. The van der Waals surface area contributed by atoms with Crippen LogP contribution in [0.4, 0.5) is 18.9 Å². The fourth-order valence-corrected chi connectivity index (χ4v) is 2.33. The van der Waals surface area contributed by atoms with E-state index in [-0.39, 0.29) is 5.69 Å². The normalized spacial score (nSPS) is 15.0. The molecule has 0 bridgehead atoms. The summed E-state index contributed by atoms with van der Waals surface area (Å²) in [5.41, 5.74) is -0.554. The highest BCUT2D eigenvalue weighted by Gasteiger charge is 2.28. The summed E-state index contributed by atoms with van der Waals surface area (Å²) in [7, 11) is 0. The molecule has 0 spiro atoms. The number of nitrogens with one attached hydrogen (secondary N) is 1. The van der Waals surface area contributed by atoms with E-state index in [1.54, 1.807) is 6.20 Å². The van der Waals surface area contributed by atoms with Crippen LogP contribution in [0.15, 0.2) is 35.5 Å². The molecule has 0 unspecified atom stereocenters. The van der Waals surface area contributed by atoms with Crippen LogP contribution < -0.4 is 10.9 Å². The first-order valence-electron chi connectivity index (χ1n) is 6.96. The Hall–Kier alpha value is -2.25. The van der Waals surface area contributed by atoms with E-state index in [0.29, 0.717) is 17.2 Å². The van der Waals surface area contributed by atoms with E-state index in [0.717, 1.165) is 24.9 Å². The molecule has 0 aliphatic heterocycles. The van der Waals surface area contributed by atoms with Gasteiger partial charge in [-0.25, -0.2) is 4.98 Å². The maximum absolute atomic E-state index is 12.4. The van der Waals surface area contributed by atoms with E-state index >= 15 is 0 Å². The largest absolute Gasteiger partial charge is 0.406 e. The van der Waals surface area contributed by atoms with Crippen molar-refractivity contribution in [3.63, 3.8) is 0 Å². The van der Waals surface area contributed by atoms with Gasteiger partial charge in [0.05, 0.1) is 6.54 Å². The SMILES string of the molecule is O=c1c(NCc2nccn2C2CC2)cccn1CC(F)(F)F. The number of anilines is 1. The molecule has 2 heterocycles. The van der Waals surface area contributed by atoms with Gasteiger partial charge in [0.2, 0.25) is 0 Å². The van der Waals surface area contributed by atoms with Gasteiger partial charge in [-0.3, -0.25) is 4.79 Å². The molecule has 0 radical (unpaired) electrons. The fraction of sp³-hybridized carbons (Fsp3) is 0.429. The molecule has 1 fully saturated rings. The standard InChI is InChI=1S/C14H15F3N4O/c15-14(16,17)9-20-6-1-2-11(13(20)22)19-8-12-18-5-7-21(12)10-3-4-10/h1-2,5-7,10,19H,3-4,8-9H2. The molecule has 8 heteroatoms. The lowest BCUT2D eigenvalue weighted by Crippen LogP contribution is -2.29. The molecule has 5 nitrogen and oxygen atoms in total. The molecule has 0 saturated heterocycles. The maximum Gasteiger partial charge on any atom is 0.406 e. The Morgan fingerprint density at radius 3 is 2.77 bits per heavy atom. The van der Waals surface area contributed by atoms with Crippen LogP contribution in [0.3, 0.4) is 0 Å². The second kappa shape index (κ2) is 5.51. The second-order valence-corrected chi connectivity index (χ2v) is 5.31. The second-order valence-electron chi connectivity index (χ2n) is 5.31. The van der Waals surface area contributed by atoms with E-state index in [1.807, 2.05) is 10.8 Å². The third-order valence-electron chi connectivity index (χ3n) is 3.50. The molecule has 2 aromatic heterocycles. The van der Waals surface area contributed by atoms with E-state index in [9.17, 15) is 18.0 Å². The van der Waals surface area contributed by atoms with Gasteiger partial charge >= 0.3 is 6.18 Å². The molecule has 118 valence electrons. The Morgan fingerprint density at radius 1 is 1.32 bits per heavy atom. The van der Waals surface area contributed by atoms with Crippen LogP contribution >= 0.6 is 0 Å². The van der Waals surface area contributed by atoms with Crippen LogP contribution in [0.2, 0.25) is 0 Å². The van der Waals surface area contributed by atoms with Crippen LogP contribution in [0.1, 0.15) is 24.7 Å². The van der Waals surface area contributed by atoms with Crippen LogP contribution in [-0.4, -0.2) is 20.3 Å². The van der Waals surface area contributed by atoms with Crippen LogP contribution in [0.5, 0.6) is 0 Å². The average molecular weight is 312 g/mol. The quantitative estimate of drug-likeness (QED) is 0.923. The Bertz CT molecular complexity index is 715. The lowest BCUT2D eigenvalue weighted by molar-refractivity contribution is -0.141. The number of nitrogens with zero attached hydrogens (tertiary/aromatic N) is 3. The molecular weight excluding hydrogens is 297 g/mol. The first-order chi connectivity index (χ1) is 10.4. The molecular formula is C14H15F3N4O. The topological polar surface area (TPSA) is 51.9 Å². The smallest absolute Gasteiger partial charge is 0.373 e. The number of halogens is 3. The third-order valence-corrected chi connectivity index (χ3v) is 3.50. The molecule has 1 N–H and O–H groups in total. The van der Waals surface area contributed by atoms with Gasteiger partial charge in [-0.15, -0.1) is 0 Å². The molecule has 3 rings (SSSR count). The van der Waals surface area contributed by atoms with Crippen LogP contribution in [-0.2, 0) is 13.1 Å². The zero-order valence-corrected chi connectivity index (χ0v) is 11.7. The maximum atomic E-state index is 12.4. The molecule has 1 aliphatic rings. The number of pyridine rings is 1. The fourth-order valence-electron chi connectivity index (χ4n) is 2.33. The van der Waals surface area contributed by atoms with E-state index in [1.165, 1.54) is 12.1 Å². The molecule has 0 atom stereocenters. The van der Waals surface area contributed by atoms with Crippen LogP contribution in [0.25, 0.3) is 0 Å². The monoisotopic (exact) mass is 312 g/mol. The van der Waals surface area contributed by atoms with E-state index < -0.39 is 18.3 Å². The Balaban J connectivity index is 1.74. The van der Waals surface area contributed by atoms with Gasteiger partial charge in [-0.05, 0) is 25.0 Å². The Labute approximate surface area is 124 Å². The minimum atomic E-state index is -4.43. The summed E-state index contributed by atoms with van der Waals surface area (Å²) in [5, 5.41) is 2.88. The highest BCUT2D eigenvalue weighted by atomic mass is 19.4. The van der Waals surface area contributed by atoms with Crippen molar-refractivity contribution in [2.45, 2.75) is 38.1 Å². The van der Waals surface area contributed by atoms with Gasteiger partial charge in [-0.2, -0.15) is 13.2 Å². The molecule has 1 aliphatic carbocycles. The first-order valence-corrected chi connectivity index (χ1v) is 6.96. The number of imidazole rings is 1. The molecule has 1 saturated carbocycles. The van der Waals surface area contributed by atoms with Gasteiger partial charge in [0, 0.05) is 24.6 Å². The van der Waals surface area contributed by atoms with Crippen molar-refractivity contribution in [3.05, 3.63) is 46.9 Å². The van der Waals surface area contributed by atoms with E-state index in [2.05, 4.69) is 10.3 Å². The van der Waals surface area contributed by atoms with Gasteiger partial charge in [0.15, 0.2) is 0 Å².